The molecule has 4 heteroatoms. The summed E-state index contributed by atoms with van der Waals surface area (Å²) in [5.74, 6) is 1.75. The zero-order valence-corrected chi connectivity index (χ0v) is 11.8. The Morgan fingerprint density at radius 2 is 1.68 bits per heavy atom. The van der Waals surface area contributed by atoms with Crippen LogP contribution in [0.5, 0.6) is 0 Å². The molecule has 4 nitrogen and oxygen atoms in total. The quantitative estimate of drug-likeness (QED) is 0.745. The predicted octanol–water partition coefficient (Wildman–Crippen LogP) is 1.09. The van der Waals surface area contributed by atoms with Crippen molar-refractivity contribution in [3.63, 3.8) is 0 Å². The van der Waals surface area contributed by atoms with E-state index in [9.17, 15) is 4.79 Å². The van der Waals surface area contributed by atoms with Crippen LogP contribution in [0.3, 0.4) is 0 Å². The zero-order chi connectivity index (χ0) is 13.4. The SMILES string of the molecule is NC1CCCN(C(=O)C2CC3CCCC(C2)C3N)C1. The molecule has 0 radical (unpaired) electrons. The van der Waals surface area contributed by atoms with Gasteiger partial charge in [-0.3, -0.25) is 4.79 Å². The Balaban J connectivity index is 1.64. The van der Waals surface area contributed by atoms with E-state index in [2.05, 4.69) is 0 Å². The van der Waals surface area contributed by atoms with Crippen molar-refractivity contribution < 1.29 is 4.79 Å². The second-order valence-electron chi connectivity index (χ2n) is 6.88. The largest absolute Gasteiger partial charge is 0.341 e. The van der Waals surface area contributed by atoms with Crippen molar-refractivity contribution in [2.75, 3.05) is 13.1 Å². The molecule has 2 aliphatic carbocycles. The van der Waals surface area contributed by atoms with Crippen LogP contribution in [0.1, 0.15) is 44.9 Å². The molecular formula is C15H27N3O. The summed E-state index contributed by atoms with van der Waals surface area (Å²) in [7, 11) is 0. The molecule has 3 fully saturated rings. The Morgan fingerprint density at radius 1 is 1.00 bits per heavy atom. The number of rotatable bonds is 1. The minimum absolute atomic E-state index is 0.183. The number of piperidine rings is 1. The molecule has 1 aliphatic heterocycles. The fourth-order valence-electron chi connectivity index (χ4n) is 4.46. The summed E-state index contributed by atoms with van der Waals surface area (Å²) in [4.78, 5) is 14.7. The molecule has 3 aliphatic rings. The average molecular weight is 265 g/mol. The first-order valence-corrected chi connectivity index (χ1v) is 7.95. The van der Waals surface area contributed by atoms with Crippen molar-refractivity contribution in [1.82, 2.24) is 4.90 Å². The number of likely N-dealkylation sites (tertiary alicyclic amines) is 1. The second-order valence-corrected chi connectivity index (χ2v) is 6.88. The van der Waals surface area contributed by atoms with Crippen LogP contribution in [0.4, 0.5) is 0 Å². The van der Waals surface area contributed by atoms with E-state index >= 15 is 0 Å². The van der Waals surface area contributed by atoms with Gasteiger partial charge in [0.15, 0.2) is 0 Å². The van der Waals surface area contributed by atoms with Crippen molar-refractivity contribution in [1.29, 1.82) is 0 Å². The number of hydrogen-bond acceptors (Lipinski definition) is 3. The monoisotopic (exact) mass is 265 g/mol. The summed E-state index contributed by atoms with van der Waals surface area (Å²) < 4.78 is 0. The fraction of sp³-hybridized carbons (Fsp3) is 0.933. The molecule has 3 rings (SSSR count). The third-order valence-electron chi connectivity index (χ3n) is 5.53. The highest BCUT2D eigenvalue weighted by Gasteiger charge is 2.41. The van der Waals surface area contributed by atoms with Gasteiger partial charge < -0.3 is 16.4 Å². The van der Waals surface area contributed by atoms with Gasteiger partial charge in [-0.1, -0.05) is 6.42 Å². The van der Waals surface area contributed by atoms with Crippen molar-refractivity contribution >= 4 is 5.91 Å². The minimum atomic E-state index is 0.183. The summed E-state index contributed by atoms with van der Waals surface area (Å²) in [6, 6.07) is 0.532. The molecule has 0 aromatic rings. The molecule has 0 aromatic carbocycles. The van der Waals surface area contributed by atoms with Crippen LogP contribution in [-0.2, 0) is 4.79 Å². The maximum absolute atomic E-state index is 12.7. The Bertz CT molecular complexity index is 332. The fourth-order valence-corrected chi connectivity index (χ4v) is 4.46. The minimum Gasteiger partial charge on any atom is -0.341 e. The Kier molecular flexibility index (Phi) is 3.81. The van der Waals surface area contributed by atoms with E-state index in [0.717, 1.165) is 38.8 Å². The van der Waals surface area contributed by atoms with Crippen molar-refractivity contribution in [3.8, 4) is 0 Å². The lowest BCUT2D eigenvalue weighted by Gasteiger charge is -2.45. The Labute approximate surface area is 115 Å². The first-order chi connectivity index (χ1) is 9.15. The predicted molar refractivity (Wildman–Crippen MR) is 75.3 cm³/mol. The smallest absolute Gasteiger partial charge is 0.225 e. The first kappa shape index (κ1) is 13.4. The Morgan fingerprint density at radius 3 is 2.32 bits per heavy atom. The number of carbonyl (C=O) groups excluding carboxylic acids is 1. The van der Waals surface area contributed by atoms with Gasteiger partial charge >= 0.3 is 0 Å². The lowest BCUT2D eigenvalue weighted by atomic mass is 9.65. The van der Waals surface area contributed by atoms with Gasteiger partial charge in [0.2, 0.25) is 5.91 Å². The summed E-state index contributed by atoms with van der Waals surface area (Å²) in [5.41, 5.74) is 12.3. The number of fused-ring (bicyclic) bond motifs is 2. The molecule has 1 saturated heterocycles. The molecule has 3 unspecified atom stereocenters. The van der Waals surface area contributed by atoms with Gasteiger partial charge in [-0.15, -0.1) is 0 Å². The highest BCUT2D eigenvalue weighted by Crippen LogP contribution is 2.42. The molecule has 108 valence electrons. The number of hydrogen-bond donors (Lipinski definition) is 2. The van der Waals surface area contributed by atoms with Gasteiger partial charge in [0.1, 0.15) is 0 Å². The molecule has 2 saturated carbocycles. The average Bonchev–Trinajstić information content (AvgIpc) is 2.37. The molecule has 3 atom stereocenters. The molecular weight excluding hydrogens is 238 g/mol. The zero-order valence-electron chi connectivity index (χ0n) is 11.8. The number of nitrogens with two attached hydrogens (primary N) is 2. The van der Waals surface area contributed by atoms with E-state index in [1.807, 2.05) is 4.90 Å². The summed E-state index contributed by atoms with van der Waals surface area (Å²) in [6.45, 7) is 1.67. The van der Waals surface area contributed by atoms with Gasteiger partial charge in [-0.2, -0.15) is 0 Å². The molecule has 19 heavy (non-hydrogen) atoms. The van der Waals surface area contributed by atoms with E-state index < -0.39 is 0 Å². The van der Waals surface area contributed by atoms with Crippen molar-refractivity contribution in [3.05, 3.63) is 0 Å². The van der Waals surface area contributed by atoms with Crippen LogP contribution in [-0.4, -0.2) is 36.0 Å². The van der Waals surface area contributed by atoms with E-state index in [4.69, 9.17) is 11.5 Å². The van der Waals surface area contributed by atoms with E-state index in [-0.39, 0.29) is 12.0 Å². The van der Waals surface area contributed by atoms with Crippen molar-refractivity contribution in [2.45, 2.75) is 57.0 Å². The van der Waals surface area contributed by atoms with Crippen LogP contribution in [0.25, 0.3) is 0 Å². The lowest BCUT2D eigenvalue weighted by Crippen LogP contribution is -2.52. The summed E-state index contributed by atoms with van der Waals surface area (Å²) >= 11 is 0. The maximum atomic E-state index is 12.7. The number of nitrogens with zero attached hydrogens (tertiary/aromatic N) is 1. The molecule has 0 spiro atoms. The van der Waals surface area contributed by atoms with Crippen LogP contribution < -0.4 is 11.5 Å². The molecule has 1 heterocycles. The highest BCUT2D eigenvalue weighted by atomic mass is 16.2. The Hall–Kier alpha value is -0.610. The molecule has 4 N–H and O–H groups in total. The van der Waals surface area contributed by atoms with Crippen LogP contribution in [0.15, 0.2) is 0 Å². The molecule has 0 aromatic heterocycles. The van der Waals surface area contributed by atoms with E-state index in [1.165, 1.54) is 19.3 Å². The van der Waals surface area contributed by atoms with Gasteiger partial charge in [0.05, 0.1) is 0 Å². The van der Waals surface area contributed by atoms with Crippen LogP contribution in [0, 0.1) is 17.8 Å². The number of amides is 1. The van der Waals surface area contributed by atoms with Gasteiger partial charge in [0, 0.05) is 31.1 Å². The van der Waals surface area contributed by atoms with Gasteiger partial charge in [0.25, 0.3) is 0 Å². The van der Waals surface area contributed by atoms with Crippen molar-refractivity contribution in [2.24, 2.45) is 29.2 Å². The molecule has 1 amide bonds. The van der Waals surface area contributed by atoms with Crippen LogP contribution in [0.2, 0.25) is 0 Å². The topological polar surface area (TPSA) is 72.3 Å². The normalized spacial score (nSPS) is 43.1. The number of carbonyl (C=O) groups is 1. The molecule has 2 bridgehead atoms. The highest BCUT2D eigenvalue weighted by molar-refractivity contribution is 5.79. The van der Waals surface area contributed by atoms with Gasteiger partial charge in [-0.25, -0.2) is 0 Å². The lowest BCUT2D eigenvalue weighted by molar-refractivity contribution is -0.139. The standard InChI is InChI=1S/C15H27N3O/c16-13-5-2-6-18(9-13)15(19)12-7-10-3-1-4-11(8-12)14(10)17/h10-14H,1-9,16-17H2. The van der Waals surface area contributed by atoms with Crippen LogP contribution >= 0.6 is 0 Å². The summed E-state index contributed by atoms with van der Waals surface area (Å²) in [6.07, 6.45) is 7.90. The first-order valence-electron chi connectivity index (χ1n) is 7.95. The second kappa shape index (κ2) is 5.41. The third kappa shape index (κ3) is 2.65. The van der Waals surface area contributed by atoms with Gasteiger partial charge in [-0.05, 0) is 50.4 Å². The van der Waals surface area contributed by atoms with E-state index in [0.29, 0.717) is 23.8 Å². The van der Waals surface area contributed by atoms with E-state index in [1.54, 1.807) is 0 Å². The maximum Gasteiger partial charge on any atom is 0.225 e. The third-order valence-corrected chi connectivity index (χ3v) is 5.53. The summed E-state index contributed by atoms with van der Waals surface area (Å²) in [5, 5.41) is 0.